The fourth-order valence-electron chi connectivity index (χ4n) is 2.05. The number of amides is 1. The molecule has 23 heavy (non-hydrogen) atoms. The number of rotatable bonds is 5. The van der Waals surface area contributed by atoms with Gasteiger partial charge in [-0.25, -0.2) is 8.42 Å². The molecule has 1 amide bonds. The molecule has 0 saturated heterocycles. The highest BCUT2D eigenvalue weighted by atomic mass is 32.2. The van der Waals surface area contributed by atoms with Crippen molar-refractivity contribution < 1.29 is 13.2 Å². The van der Waals surface area contributed by atoms with Crippen LogP contribution in [0.3, 0.4) is 0 Å². The third kappa shape index (κ3) is 4.10. The van der Waals surface area contributed by atoms with Crippen molar-refractivity contribution in [2.24, 2.45) is 0 Å². The molecule has 0 saturated carbocycles. The summed E-state index contributed by atoms with van der Waals surface area (Å²) in [4.78, 5) is 13.0. The first-order valence-electron chi connectivity index (χ1n) is 7.29. The van der Waals surface area contributed by atoms with Crippen LogP contribution in [0.4, 0.5) is 11.4 Å². The van der Waals surface area contributed by atoms with Crippen molar-refractivity contribution in [3.8, 4) is 0 Å². The van der Waals surface area contributed by atoms with Gasteiger partial charge >= 0.3 is 0 Å². The number of benzene rings is 2. The molecule has 0 bridgehead atoms. The first-order chi connectivity index (χ1) is 10.8. The molecule has 0 radical (unpaired) electrons. The molecule has 0 fully saturated rings. The molecule has 2 rings (SSSR count). The van der Waals surface area contributed by atoms with Crippen molar-refractivity contribution in [1.29, 1.82) is 0 Å². The number of sulfonamides is 1. The van der Waals surface area contributed by atoms with E-state index in [9.17, 15) is 13.2 Å². The Kier molecular flexibility index (Phi) is 5.05. The van der Waals surface area contributed by atoms with Crippen LogP contribution in [0, 0.1) is 0 Å². The zero-order valence-electron chi connectivity index (χ0n) is 13.4. The van der Waals surface area contributed by atoms with E-state index in [4.69, 9.17) is 0 Å². The van der Waals surface area contributed by atoms with Gasteiger partial charge in [-0.1, -0.05) is 19.1 Å². The van der Waals surface area contributed by atoms with Gasteiger partial charge in [0.1, 0.15) is 0 Å². The van der Waals surface area contributed by atoms with Crippen molar-refractivity contribution in [3.05, 3.63) is 54.1 Å². The predicted molar refractivity (Wildman–Crippen MR) is 92.2 cm³/mol. The van der Waals surface area contributed by atoms with Gasteiger partial charge in [-0.15, -0.1) is 0 Å². The number of nitrogens with one attached hydrogen (secondary N) is 1. The van der Waals surface area contributed by atoms with E-state index in [2.05, 4.69) is 4.72 Å². The van der Waals surface area contributed by atoms with Crippen molar-refractivity contribution >= 4 is 27.3 Å². The second kappa shape index (κ2) is 6.83. The lowest BCUT2D eigenvalue weighted by Crippen LogP contribution is -2.22. The molecule has 0 aliphatic heterocycles. The lowest BCUT2D eigenvalue weighted by molar-refractivity contribution is -0.116. The Morgan fingerprint density at radius 3 is 2.09 bits per heavy atom. The third-order valence-electron chi connectivity index (χ3n) is 3.62. The van der Waals surface area contributed by atoms with Crippen LogP contribution in [0.5, 0.6) is 0 Å². The zero-order valence-corrected chi connectivity index (χ0v) is 14.2. The molecule has 0 aliphatic rings. The third-order valence-corrected chi connectivity index (χ3v) is 5.02. The van der Waals surface area contributed by atoms with Crippen molar-refractivity contribution in [3.63, 3.8) is 0 Å². The van der Waals surface area contributed by atoms with Crippen LogP contribution in [0.25, 0.3) is 0 Å². The Hall–Kier alpha value is -2.34. The number of hydrogen-bond donors (Lipinski definition) is 1. The fraction of sp³-hybridized carbons (Fsp3) is 0.235. The van der Waals surface area contributed by atoms with E-state index in [1.165, 1.54) is 11.8 Å². The molecule has 2 aromatic carbocycles. The van der Waals surface area contributed by atoms with Gasteiger partial charge in [0.2, 0.25) is 5.91 Å². The van der Waals surface area contributed by atoms with Crippen LogP contribution in [-0.4, -0.2) is 21.4 Å². The number of nitrogens with zero attached hydrogens (tertiary/aromatic N) is 1. The van der Waals surface area contributed by atoms with Gasteiger partial charge in [-0.3, -0.25) is 9.52 Å². The normalized spacial score (nSPS) is 11.1. The van der Waals surface area contributed by atoms with E-state index in [0.29, 0.717) is 11.4 Å². The minimum absolute atomic E-state index is 0.0886. The standard InChI is InChI=1S/C17H20N2O3S/c1-4-14-5-11-17(12-6-14)23(21,22)18-15-7-9-16(10-8-15)19(3)13(2)20/h5-12,18H,4H2,1-3H3. The van der Waals surface area contributed by atoms with Crippen LogP contribution < -0.4 is 9.62 Å². The molecule has 0 heterocycles. The molecular formula is C17H20N2O3S. The fourth-order valence-corrected chi connectivity index (χ4v) is 3.11. The molecular weight excluding hydrogens is 312 g/mol. The quantitative estimate of drug-likeness (QED) is 0.915. The summed E-state index contributed by atoms with van der Waals surface area (Å²) in [6.07, 6.45) is 0.860. The van der Waals surface area contributed by atoms with E-state index in [1.807, 2.05) is 6.92 Å². The molecule has 0 aromatic heterocycles. The number of anilines is 2. The summed E-state index contributed by atoms with van der Waals surface area (Å²) in [6.45, 7) is 3.48. The van der Waals surface area contributed by atoms with E-state index in [0.717, 1.165) is 12.0 Å². The van der Waals surface area contributed by atoms with Crippen LogP contribution in [0.15, 0.2) is 53.4 Å². The number of aryl methyl sites for hydroxylation is 1. The Morgan fingerprint density at radius 2 is 1.61 bits per heavy atom. The topological polar surface area (TPSA) is 66.5 Å². The Balaban J connectivity index is 2.18. The summed E-state index contributed by atoms with van der Waals surface area (Å²) < 4.78 is 27.2. The van der Waals surface area contributed by atoms with E-state index in [1.54, 1.807) is 55.6 Å². The van der Waals surface area contributed by atoms with Gasteiger partial charge in [0.25, 0.3) is 10.0 Å². The molecule has 6 heteroatoms. The van der Waals surface area contributed by atoms with Crippen LogP contribution in [0.2, 0.25) is 0 Å². The van der Waals surface area contributed by atoms with Crippen molar-refractivity contribution in [1.82, 2.24) is 0 Å². The summed E-state index contributed by atoms with van der Waals surface area (Å²) in [7, 11) is -1.95. The smallest absolute Gasteiger partial charge is 0.261 e. The van der Waals surface area contributed by atoms with Gasteiger partial charge in [-0.05, 0) is 48.4 Å². The van der Waals surface area contributed by atoms with Gasteiger partial charge in [0.05, 0.1) is 4.90 Å². The SMILES string of the molecule is CCc1ccc(S(=O)(=O)Nc2ccc(N(C)C(C)=O)cc2)cc1. The van der Waals surface area contributed by atoms with E-state index >= 15 is 0 Å². The highest BCUT2D eigenvalue weighted by molar-refractivity contribution is 7.92. The average molecular weight is 332 g/mol. The first kappa shape index (κ1) is 17.0. The first-order valence-corrected chi connectivity index (χ1v) is 8.78. The zero-order chi connectivity index (χ0) is 17.0. The predicted octanol–water partition coefficient (Wildman–Crippen LogP) is 3.03. The molecule has 0 atom stereocenters. The minimum Gasteiger partial charge on any atom is -0.316 e. The van der Waals surface area contributed by atoms with Gasteiger partial charge in [-0.2, -0.15) is 0 Å². The second-order valence-electron chi connectivity index (χ2n) is 5.23. The molecule has 5 nitrogen and oxygen atoms in total. The summed E-state index contributed by atoms with van der Waals surface area (Å²) in [5.41, 5.74) is 2.23. The van der Waals surface area contributed by atoms with Gasteiger partial charge in [0, 0.05) is 25.3 Å². The summed E-state index contributed by atoms with van der Waals surface area (Å²) in [6, 6.07) is 13.5. The van der Waals surface area contributed by atoms with Crippen LogP contribution >= 0.6 is 0 Å². The second-order valence-corrected chi connectivity index (χ2v) is 6.91. The maximum absolute atomic E-state index is 12.4. The van der Waals surface area contributed by atoms with E-state index < -0.39 is 10.0 Å². The highest BCUT2D eigenvalue weighted by Crippen LogP contribution is 2.20. The number of carbonyl (C=O) groups is 1. The summed E-state index contributed by atoms with van der Waals surface area (Å²) in [5.74, 6) is -0.0886. The van der Waals surface area contributed by atoms with Crippen LogP contribution in [0.1, 0.15) is 19.4 Å². The average Bonchev–Trinajstić information content (AvgIpc) is 2.54. The number of hydrogen-bond acceptors (Lipinski definition) is 3. The summed E-state index contributed by atoms with van der Waals surface area (Å²) in [5, 5.41) is 0. The molecule has 1 N–H and O–H groups in total. The molecule has 2 aromatic rings. The lowest BCUT2D eigenvalue weighted by atomic mass is 10.2. The Labute approximate surface area is 137 Å². The number of carbonyl (C=O) groups excluding carboxylic acids is 1. The van der Waals surface area contributed by atoms with Crippen molar-refractivity contribution in [2.75, 3.05) is 16.7 Å². The van der Waals surface area contributed by atoms with Gasteiger partial charge in [0.15, 0.2) is 0 Å². The maximum Gasteiger partial charge on any atom is 0.261 e. The Morgan fingerprint density at radius 1 is 1.04 bits per heavy atom. The monoisotopic (exact) mass is 332 g/mol. The van der Waals surface area contributed by atoms with Crippen molar-refractivity contribution in [2.45, 2.75) is 25.2 Å². The van der Waals surface area contributed by atoms with Gasteiger partial charge < -0.3 is 4.90 Å². The van der Waals surface area contributed by atoms with E-state index in [-0.39, 0.29) is 10.8 Å². The molecule has 122 valence electrons. The minimum atomic E-state index is -3.62. The largest absolute Gasteiger partial charge is 0.316 e. The lowest BCUT2D eigenvalue weighted by Gasteiger charge is -2.15. The maximum atomic E-state index is 12.4. The highest BCUT2D eigenvalue weighted by Gasteiger charge is 2.14. The van der Waals surface area contributed by atoms with Crippen LogP contribution in [-0.2, 0) is 21.2 Å². The summed E-state index contributed by atoms with van der Waals surface area (Å²) >= 11 is 0. The molecule has 0 unspecified atom stereocenters. The Bertz CT molecular complexity index is 782. The molecule has 0 spiro atoms. The molecule has 0 aliphatic carbocycles.